The summed E-state index contributed by atoms with van der Waals surface area (Å²) in [5, 5.41) is 14.7. The quantitative estimate of drug-likeness (QED) is 0.375. The fourth-order valence-electron chi connectivity index (χ4n) is 2.56. The Kier molecular flexibility index (Phi) is 5.78. The van der Waals surface area contributed by atoms with Crippen LogP contribution in [0, 0.1) is 28.9 Å². The van der Waals surface area contributed by atoms with Crippen molar-refractivity contribution in [2.75, 3.05) is 5.32 Å². The molecule has 0 atom stereocenters. The molecule has 1 aromatic heterocycles. The molecule has 24 heavy (non-hydrogen) atoms. The van der Waals surface area contributed by atoms with E-state index in [1.165, 1.54) is 11.6 Å². The Hall–Kier alpha value is -2.58. The largest absolute Gasteiger partial charge is 0.375 e. The molecule has 0 aliphatic carbocycles. The summed E-state index contributed by atoms with van der Waals surface area (Å²) in [6.45, 7) is 6.17. The lowest BCUT2D eigenvalue weighted by molar-refractivity contribution is -0.384. The number of aromatic nitrogens is 1. The van der Waals surface area contributed by atoms with Crippen LogP contribution < -0.4 is 5.32 Å². The van der Waals surface area contributed by atoms with Gasteiger partial charge in [0.1, 0.15) is 10.8 Å². The minimum atomic E-state index is -0.482. The zero-order valence-corrected chi connectivity index (χ0v) is 14.6. The monoisotopic (exact) mass is 343 g/mol. The van der Waals surface area contributed by atoms with Crippen molar-refractivity contribution in [1.82, 2.24) is 4.98 Å². The van der Waals surface area contributed by atoms with Crippen LogP contribution in [0.4, 0.5) is 11.4 Å². The van der Waals surface area contributed by atoms with E-state index in [-0.39, 0.29) is 16.5 Å². The average molecular weight is 344 g/mol. The Morgan fingerprint density at radius 1 is 1.42 bits per heavy atom. The molecule has 0 aliphatic heterocycles. The highest BCUT2D eigenvalue weighted by molar-refractivity contribution is 6.29. The molecule has 0 radical (unpaired) electrons. The molecule has 2 rings (SSSR count). The van der Waals surface area contributed by atoms with Crippen molar-refractivity contribution in [1.29, 1.82) is 0 Å². The Morgan fingerprint density at radius 2 is 2.17 bits per heavy atom. The first-order valence-corrected chi connectivity index (χ1v) is 7.94. The third-order valence-electron chi connectivity index (χ3n) is 3.73. The maximum Gasteiger partial charge on any atom is 0.326 e. The lowest BCUT2D eigenvalue weighted by Crippen LogP contribution is -2.08. The molecule has 0 aliphatic rings. The van der Waals surface area contributed by atoms with Crippen LogP contribution in [-0.2, 0) is 13.0 Å². The molecule has 1 N–H and O–H groups in total. The molecular weight excluding hydrogens is 326 g/mol. The van der Waals surface area contributed by atoms with E-state index in [9.17, 15) is 10.1 Å². The summed E-state index contributed by atoms with van der Waals surface area (Å²) in [7, 11) is 0. The Labute approximate surface area is 146 Å². The van der Waals surface area contributed by atoms with Gasteiger partial charge in [0, 0.05) is 12.6 Å². The third-order valence-corrected chi connectivity index (χ3v) is 3.92. The number of hydrogen-bond donors (Lipinski definition) is 1. The maximum absolute atomic E-state index is 11.4. The number of rotatable bonds is 5. The van der Waals surface area contributed by atoms with Crippen LogP contribution in [0.1, 0.15) is 36.2 Å². The molecule has 1 aromatic carbocycles. The topological polar surface area (TPSA) is 68.1 Å². The number of pyridine rings is 1. The van der Waals surface area contributed by atoms with Crippen molar-refractivity contribution in [2.45, 2.75) is 33.7 Å². The van der Waals surface area contributed by atoms with Crippen molar-refractivity contribution >= 4 is 23.0 Å². The van der Waals surface area contributed by atoms with Crippen molar-refractivity contribution in [2.24, 2.45) is 0 Å². The van der Waals surface area contributed by atoms with Gasteiger partial charge in [-0.1, -0.05) is 42.6 Å². The molecule has 6 heteroatoms. The van der Waals surface area contributed by atoms with Crippen LogP contribution in [0.2, 0.25) is 5.15 Å². The summed E-state index contributed by atoms with van der Waals surface area (Å²) in [4.78, 5) is 14.9. The molecule has 124 valence electrons. The fourth-order valence-corrected chi connectivity index (χ4v) is 2.76. The van der Waals surface area contributed by atoms with Gasteiger partial charge in [0.2, 0.25) is 0 Å². The highest BCUT2D eigenvalue weighted by atomic mass is 35.5. The van der Waals surface area contributed by atoms with Crippen LogP contribution in [0.5, 0.6) is 0 Å². The molecule has 2 aromatic rings. The van der Waals surface area contributed by atoms with Gasteiger partial charge >= 0.3 is 5.69 Å². The molecule has 0 fully saturated rings. The molecular formula is C18H18ClN3O2. The van der Waals surface area contributed by atoms with E-state index in [0.29, 0.717) is 12.2 Å². The molecule has 0 saturated heterocycles. The summed E-state index contributed by atoms with van der Waals surface area (Å²) in [5.41, 5.74) is 3.71. The first-order valence-electron chi connectivity index (χ1n) is 7.56. The Morgan fingerprint density at radius 3 is 2.79 bits per heavy atom. The van der Waals surface area contributed by atoms with Crippen molar-refractivity contribution in [3.05, 3.63) is 61.9 Å². The second-order valence-electron chi connectivity index (χ2n) is 5.24. The Balaban J connectivity index is 2.43. The molecule has 1 heterocycles. The zero-order valence-electron chi connectivity index (χ0n) is 13.8. The molecule has 0 unspecified atom stereocenters. The van der Waals surface area contributed by atoms with Gasteiger partial charge in [0.25, 0.3) is 0 Å². The first kappa shape index (κ1) is 17.8. The van der Waals surface area contributed by atoms with E-state index >= 15 is 0 Å². The number of hydrogen-bond acceptors (Lipinski definition) is 4. The van der Waals surface area contributed by atoms with Crippen LogP contribution in [0.25, 0.3) is 0 Å². The van der Waals surface area contributed by atoms with Crippen LogP contribution in [-0.4, -0.2) is 9.91 Å². The van der Waals surface area contributed by atoms with Gasteiger partial charge in [0.05, 0.1) is 4.92 Å². The summed E-state index contributed by atoms with van der Waals surface area (Å²) in [5.74, 6) is 5.28. The number of aryl methyl sites for hydroxylation is 2. The highest BCUT2D eigenvalue weighted by Crippen LogP contribution is 2.30. The fraction of sp³-hybridized carbons (Fsp3) is 0.278. The first-order chi connectivity index (χ1) is 11.5. The standard InChI is InChI=1S/C18H18ClN3O2/c1-4-7-15-18(22(23)24)16(10-17(19)21-15)20-11-14-12(3)8-6-9-13(14)5-2/h6,8-10H,5,11H2,1-3H3,(H,20,21). The van der Waals surface area contributed by atoms with Crippen molar-refractivity contribution < 1.29 is 4.92 Å². The van der Waals surface area contributed by atoms with E-state index < -0.39 is 4.92 Å². The lowest BCUT2D eigenvalue weighted by Gasteiger charge is -2.14. The number of halogens is 1. The normalized spacial score (nSPS) is 10.0. The number of nitrogens with zero attached hydrogens (tertiary/aromatic N) is 2. The highest BCUT2D eigenvalue weighted by Gasteiger charge is 2.22. The van der Waals surface area contributed by atoms with Gasteiger partial charge in [-0.15, -0.1) is 0 Å². The van der Waals surface area contributed by atoms with Gasteiger partial charge in [-0.25, -0.2) is 4.98 Å². The van der Waals surface area contributed by atoms with E-state index in [1.54, 1.807) is 6.92 Å². The summed E-state index contributed by atoms with van der Waals surface area (Å²) in [6, 6.07) is 7.56. The molecule has 5 nitrogen and oxygen atoms in total. The van der Waals surface area contributed by atoms with E-state index in [2.05, 4.69) is 35.1 Å². The van der Waals surface area contributed by atoms with Crippen LogP contribution >= 0.6 is 11.6 Å². The van der Waals surface area contributed by atoms with Crippen molar-refractivity contribution in [3.8, 4) is 11.8 Å². The summed E-state index contributed by atoms with van der Waals surface area (Å²) in [6.07, 6.45) is 0.893. The van der Waals surface area contributed by atoms with Gasteiger partial charge in [-0.3, -0.25) is 10.1 Å². The molecule has 0 bridgehead atoms. The second-order valence-corrected chi connectivity index (χ2v) is 5.63. The Bertz CT molecular complexity index is 838. The van der Waals surface area contributed by atoms with E-state index in [1.807, 2.05) is 19.1 Å². The van der Waals surface area contributed by atoms with Crippen LogP contribution in [0.15, 0.2) is 24.3 Å². The lowest BCUT2D eigenvalue weighted by atomic mass is 10.00. The van der Waals surface area contributed by atoms with Gasteiger partial charge in [-0.2, -0.15) is 0 Å². The van der Waals surface area contributed by atoms with Crippen molar-refractivity contribution in [3.63, 3.8) is 0 Å². The van der Waals surface area contributed by atoms with Gasteiger partial charge in [-0.05, 0) is 42.9 Å². The zero-order chi connectivity index (χ0) is 17.7. The SMILES string of the molecule is CC#Cc1nc(Cl)cc(NCc2c(C)cccc2CC)c1[N+](=O)[O-]. The molecule has 0 spiro atoms. The second kappa shape index (κ2) is 7.80. The number of anilines is 1. The average Bonchev–Trinajstić information content (AvgIpc) is 2.53. The van der Waals surface area contributed by atoms with E-state index in [4.69, 9.17) is 11.6 Å². The van der Waals surface area contributed by atoms with E-state index in [0.717, 1.165) is 17.5 Å². The maximum atomic E-state index is 11.4. The predicted molar refractivity (Wildman–Crippen MR) is 96.3 cm³/mol. The molecule has 0 amide bonds. The van der Waals surface area contributed by atoms with Crippen LogP contribution in [0.3, 0.4) is 0 Å². The van der Waals surface area contributed by atoms with Gasteiger partial charge in [0.15, 0.2) is 5.69 Å². The third kappa shape index (κ3) is 3.84. The molecule has 0 saturated carbocycles. The minimum Gasteiger partial charge on any atom is -0.375 e. The smallest absolute Gasteiger partial charge is 0.326 e. The number of nitrogens with one attached hydrogen (secondary N) is 1. The van der Waals surface area contributed by atoms with Gasteiger partial charge < -0.3 is 5.32 Å². The summed E-state index contributed by atoms with van der Waals surface area (Å²) < 4.78 is 0. The summed E-state index contributed by atoms with van der Waals surface area (Å²) >= 11 is 5.99. The number of nitro groups is 1. The number of benzene rings is 1. The predicted octanol–water partition coefficient (Wildman–Crippen LogP) is 4.50. The minimum absolute atomic E-state index is 0.0676.